The molecule has 3 unspecified atom stereocenters. The summed E-state index contributed by atoms with van der Waals surface area (Å²) in [4.78, 5) is 24.7. The van der Waals surface area contributed by atoms with E-state index >= 15 is 0 Å². The maximum absolute atomic E-state index is 12.0. The van der Waals surface area contributed by atoms with Crippen LogP contribution in [0.25, 0.3) is 0 Å². The van der Waals surface area contributed by atoms with Crippen LogP contribution in [0, 0.1) is 0 Å². The summed E-state index contributed by atoms with van der Waals surface area (Å²) < 4.78 is 5.61. The van der Waals surface area contributed by atoms with Crippen LogP contribution in [0.3, 0.4) is 0 Å². The third kappa shape index (κ3) is 1.37. The molecule has 7 nitrogen and oxygen atoms in total. The molecule has 0 aromatic carbocycles. The van der Waals surface area contributed by atoms with Gasteiger partial charge in [0.2, 0.25) is 5.91 Å². The number of carbonyl (C=O) groups excluding carboxylic acids is 2. The Labute approximate surface area is 104 Å². The van der Waals surface area contributed by atoms with Crippen molar-refractivity contribution >= 4 is 11.8 Å². The Hall–Kier alpha value is -1.60. The minimum atomic E-state index is -1.45. The van der Waals surface area contributed by atoms with Gasteiger partial charge < -0.3 is 15.6 Å². The zero-order chi connectivity index (χ0) is 12.9. The second-order valence-electron chi connectivity index (χ2n) is 4.96. The van der Waals surface area contributed by atoms with E-state index < -0.39 is 35.7 Å². The van der Waals surface area contributed by atoms with E-state index in [-0.39, 0.29) is 0 Å². The summed E-state index contributed by atoms with van der Waals surface area (Å²) in [5.41, 5.74) is 4.71. The Kier molecular flexibility index (Phi) is 2.36. The number of primary amides is 1. The molecule has 4 N–H and O–H groups in total. The van der Waals surface area contributed by atoms with Gasteiger partial charge in [-0.1, -0.05) is 0 Å². The summed E-state index contributed by atoms with van der Waals surface area (Å²) in [6.45, 7) is 0. The number of amides is 2. The molecule has 1 saturated carbocycles. The molecule has 2 fully saturated rings. The number of aliphatic hydroxyl groups excluding tert-OH is 1. The molecule has 0 aromatic heterocycles. The molecule has 2 aliphatic heterocycles. The first-order valence-corrected chi connectivity index (χ1v) is 5.95. The number of rotatable bonds is 1. The molecule has 2 heterocycles. The number of hydrogen-bond donors (Lipinski definition) is 3. The predicted molar refractivity (Wildman–Crippen MR) is 59.6 cm³/mol. The second-order valence-corrected chi connectivity index (χ2v) is 4.96. The molecule has 0 bridgehead atoms. The zero-order valence-corrected chi connectivity index (χ0v) is 9.70. The van der Waals surface area contributed by atoms with Gasteiger partial charge in [-0.3, -0.25) is 19.8 Å². The van der Waals surface area contributed by atoms with Crippen molar-refractivity contribution in [2.24, 2.45) is 5.73 Å². The topological polar surface area (TPSA) is 105 Å². The lowest BCUT2D eigenvalue weighted by Gasteiger charge is -2.54. The van der Waals surface area contributed by atoms with Crippen molar-refractivity contribution in [2.45, 2.75) is 43.2 Å². The molecule has 98 valence electrons. The number of ether oxygens (including phenoxy) is 1. The van der Waals surface area contributed by atoms with Gasteiger partial charge in [0.05, 0.1) is 0 Å². The standard InChI is InChI=1S/C11H15N3O4/c12-8(16)6-7(15)9(17)14-4-5-18-11(2-1-3-11)10(14)13-6/h4-7,10,13,15H,1-3H2,(H2,12,16). The van der Waals surface area contributed by atoms with Crippen LogP contribution in [0.4, 0.5) is 0 Å². The quantitative estimate of drug-likeness (QED) is 0.521. The zero-order valence-electron chi connectivity index (χ0n) is 9.70. The molecule has 7 heteroatoms. The average molecular weight is 253 g/mol. The lowest BCUT2D eigenvalue weighted by molar-refractivity contribution is -0.178. The first-order chi connectivity index (χ1) is 8.55. The van der Waals surface area contributed by atoms with Gasteiger partial charge in [-0.25, -0.2) is 0 Å². The summed E-state index contributed by atoms with van der Waals surface area (Å²) >= 11 is 0. The van der Waals surface area contributed by atoms with Gasteiger partial charge in [0.15, 0.2) is 6.10 Å². The second kappa shape index (κ2) is 3.69. The minimum absolute atomic E-state index is 0.440. The Morgan fingerprint density at radius 2 is 2.33 bits per heavy atom. The molecule has 3 atom stereocenters. The molecule has 1 saturated heterocycles. The van der Waals surface area contributed by atoms with E-state index in [2.05, 4.69) is 5.32 Å². The summed E-state index contributed by atoms with van der Waals surface area (Å²) in [6.07, 6.45) is 3.68. The molecular weight excluding hydrogens is 238 g/mol. The summed E-state index contributed by atoms with van der Waals surface area (Å²) in [5, 5.41) is 12.7. The molecular formula is C11H15N3O4. The minimum Gasteiger partial charge on any atom is -0.490 e. The van der Waals surface area contributed by atoms with Crippen LogP contribution in [-0.4, -0.2) is 45.7 Å². The largest absolute Gasteiger partial charge is 0.490 e. The monoisotopic (exact) mass is 253 g/mol. The van der Waals surface area contributed by atoms with E-state index in [4.69, 9.17) is 10.5 Å². The molecule has 18 heavy (non-hydrogen) atoms. The fraction of sp³-hybridized carbons (Fsp3) is 0.636. The van der Waals surface area contributed by atoms with E-state index in [0.717, 1.165) is 19.3 Å². The highest BCUT2D eigenvalue weighted by atomic mass is 16.5. The van der Waals surface area contributed by atoms with Gasteiger partial charge >= 0.3 is 0 Å². The van der Waals surface area contributed by atoms with Crippen LogP contribution < -0.4 is 11.1 Å². The van der Waals surface area contributed by atoms with Crippen molar-refractivity contribution in [1.29, 1.82) is 0 Å². The number of nitrogens with two attached hydrogens (primary N) is 1. The first kappa shape index (κ1) is 11.5. The third-order valence-electron chi connectivity index (χ3n) is 3.97. The number of fused-ring (bicyclic) bond motifs is 2. The maximum atomic E-state index is 12.0. The fourth-order valence-electron chi connectivity index (χ4n) is 2.78. The van der Waals surface area contributed by atoms with Crippen LogP contribution in [0.15, 0.2) is 12.5 Å². The normalized spacial score (nSPS) is 36.8. The fourth-order valence-corrected chi connectivity index (χ4v) is 2.78. The van der Waals surface area contributed by atoms with Crippen LogP contribution in [0.5, 0.6) is 0 Å². The van der Waals surface area contributed by atoms with E-state index in [1.165, 1.54) is 17.4 Å². The van der Waals surface area contributed by atoms with Gasteiger partial charge in [0.25, 0.3) is 5.91 Å². The van der Waals surface area contributed by atoms with Gasteiger partial charge in [0, 0.05) is 6.20 Å². The highest BCUT2D eigenvalue weighted by molar-refractivity contribution is 5.92. The van der Waals surface area contributed by atoms with Crippen molar-refractivity contribution in [3.8, 4) is 0 Å². The van der Waals surface area contributed by atoms with Gasteiger partial charge in [0.1, 0.15) is 24.1 Å². The van der Waals surface area contributed by atoms with Gasteiger partial charge in [-0.05, 0) is 19.3 Å². The molecule has 1 spiro atoms. The third-order valence-corrected chi connectivity index (χ3v) is 3.97. The van der Waals surface area contributed by atoms with Crippen LogP contribution in [0.1, 0.15) is 19.3 Å². The highest BCUT2D eigenvalue weighted by Gasteiger charge is 2.56. The maximum Gasteiger partial charge on any atom is 0.259 e. The van der Waals surface area contributed by atoms with E-state index in [9.17, 15) is 14.7 Å². The first-order valence-electron chi connectivity index (χ1n) is 5.95. The van der Waals surface area contributed by atoms with Gasteiger partial charge in [-0.15, -0.1) is 0 Å². The van der Waals surface area contributed by atoms with Crippen LogP contribution in [-0.2, 0) is 14.3 Å². The predicted octanol–water partition coefficient (Wildman–Crippen LogP) is -1.62. The van der Waals surface area contributed by atoms with Crippen molar-refractivity contribution in [1.82, 2.24) is 10.2 Å². The van der Waals surface area contributed by atoms with Crippen LogP contribution >= 0.6 is 0 Å². The smallest absolute Gasteiger partial charge is 0.259 e. The van der Waals surface area contributed by atoms with Crippen molar-refractivity contribution in [2.75, 3.05) is 0 Å². The van der Waals surface area contributed by atoms with Crippen LogP contribution in [0.2, 0.25) is 0 Å². The number of nitrogens with zero attached hydrogens (tertiary/aromatic N) is 1. The Bertz CT molecular complexity index is 432. The molecule has 3 rings (SSSR count). The molecule has 1 aliphatic carbocycles. The molecule has 2 amide bonds. The van der Waals surface area contributed by atoms with Crippen molar-refractivity contribution in [3.05, 3.63) is 12.5 Å². The van der Waals surface area contributed by atoms with E-state index in [1.54, 1.807) is 0 Å². The van der Waals surface area contributed by atoms with Gasteiger partial charge in [-0.2, -0.15) is 0 Å². The van der Waals surface area contributed by atoms with E-state index in [1.807, 2.05) is 0 Å². The lowest BCUT2D eigenvalue weighted by atomic mass is 9.75. The number of nitrogens with one attached hydrogen (secondary N) is 1. The molecule has 3 aliphatic rings. The number of carbonyl (C=O) groups is 2. The summed E-state index contributed by atoms with van der Waals surface area (Å²) in [5.74, 6) is -1.26. The van der Waals surface area contributed by atoms with Crippen molar-refractivity contribution < 1.29 is 19.4 Å². The average Bonchev–Trinajstić information content (AvgIpc) is 2.30. The highest BCUT2D eigenvalue weighted by Crippen LogP contribution is 2.43. The number of aliphatic hydroxyl groups is 1. The summed E-state index contributed by atoms with van der Waals surface area (Å²) in [7, 11) is 0. The Balaban J connectivity index is 1.94. The molecule has 0 radical (unpaired) electrons. The lowest BCUT2D eigenvalue weighted by Crippen LogP contribution is -2.75. The van der Waals surface area contributed by atoms with Crippen molar-refractivity contribution in [3.63, 3.8) is 0 Å². The summed E-state index contributed by atoms with van der Waals surface area (Å²) in [6, 6.07) is -1.06. The SMILES string of the molecule is NC(=O)C1NC2N(C=COC23CCC3)C(=O)C1O. The van der Waals surface area contributed by atoms with E-state index in [0.29, 0.717) is 0 Å². The molecule has 0 aromatic rings. The Morgan fingerprint density at radius 1 is 1.61 bits per heavy atom. The Morgan fingerprint density at radius 3 is 2.89 bits per heavy atom. The number of hydrogen-bond acceptors (Lipinski definition) is 5.